The van der Waals surface area contributed by atoms with E-state index in [-0.39, 0.29) is 6.10 Å². The molecule has 2 saturated carbocycles. The lowest BCUT2D eigenvalue weighted by Gasteiger charge is -2.37. The van der Waals surface area contributed by atoms with Crippen LogP contribution in [0.5, 0.6) is 0 Å². The second kappa shape index (κ2) is 8.09. The highest BCUT2D eigenvalue weighted by Crippen LogP contribution is 2.41. The molecule has 2 aliphatic carbocycles. The van der Waals surface area contributed by atoms with Gasteiger partial charge in [0.05, 0.1) is 0 Å². The van der Waals surface area contributed by atoms with Crippen molar-refractivity contribution in [3.05, 3.63) is 12.1 Å². The van der Waals surface area contributed by atoms with Crippen LogP contribution in [-0.2, 0) is 4.74 Å². The predicted octanol–water partition coefficient (Wildman–Crippen LogP) is 6.20. The first kappa shape index (κ1) is 16.7. The van der Waals surface area contributed by atoms with Crippen molar-refractivity contribution in [3.8, 4) is 0 Å². The molecule has 0 amide bonds. The molecule has 0 aromatic rings. The summed E-state index contributed by atoms with van der Waals surface area (Å²) < 4.78 is 41.5. The summed E-state index contributed by atoms with van der Waals surface area (Å²) in [6.45, 7) is 2.25. The predicted molar refractivity (Wildman–Crippen MR) is 77.5 cm³/mol. The summed E-state index contributed by atoms with van der Waals surface area (Å²) in [6.07, 6.45) is 8.66. The molecule has 0 aliphatic heterocycles. The Kier molecular flexibility index (Phi) is 6.43. The molecule has 2 fully saturated rings. The van der Waals surface area contributed by atoms with E-state index in [9.17, 15) is 13.2 Å². The van der Waals surface area contributed by atoms with Crippen molar-refractivity contribution >= 4 is 0 Å². The quantitative estimate of drug-likeness (QED) is 0.549. The topological polar surface area (TPSA) is 9.23 Å². The molecule has 0 atom stereocenters. The van der Waals surface area contributed by atoms with Crippen LogP contribution in [0.15, 0.2) is 12.1 Å². The van der Waals surface area contributed by atoms with Crippen LogP contribution < -0.4 is 0 Å². The van der Waals surface area contributed by atoms with E-state index in [1.54, 1.807) is 0 Å². The summed E-state index contributed by atoms with van der Waals surface area (Å²) in [5.74, 6) is 2.39. The monoisotopic (exact) mass is 304 g/mol. The van der Waals surface area contributed by atoms with E-state index in [1.807, 2.05) is 0 Å². The van der Waals surface area contributed by atoms with Gasteiger partial charge in [-0.2, -0.15) is 13.2 Å². The van der Waals surface area contributed by atoms with Crippen molar-refractivity contribution in [2.45, 2.75) is 77.2 Å². The minimum Gasteiger partial charge on any atom is -0.464 e. The number of ether oxygens (including phenoxy) is 1. The second-order valence-corrected chi connectivity index (χ2v) is 6.76. The Hall–Kier alpha value is -0.670. The summed E-state index contributed by atoms with van der Waals surface area (Å²) in [5.41, 5.74) is 0. The van der Waals surface area contributed by atoms with E-state index in [1.165, 1.54) is 38.5 Å². The molecule has 2 rings (SSSR count). The van der Waals surface area contributed by atoms with E-state index in [0.717, 1.165) is 24.7 Å². The van der Waals surface area contributed by atoms with Gasteiger partial charge in [-0.3, -0.25) is 0 Å². The zero-order chi connectivity index (χ0) is 15.2. The SMILES string of the molecule is CCCC1CCC(C2CCC(OC(F)=C(F)F)CC2)CC1. The highest BCUT2D eigenvalue weighted by Gasteiger charge is 2.31. The third kappa shape index (κ3) is 4.93. The summed E-state index contributed by atoms with van der Waals surface area (Å²) in [7, 11) is 0. The van der Waals surface area contributed by atoms with Gasteiger partial charge in [-0.1, -0.05) is 32.6 Å². The third-order valence-corrected chi connectivity index (χ3v) is 5.39. The summed E-state index contributed by atoms with van der Waals surface area (Å²) in [6, 6.07) is -1.68. The molecule has 2 aliphatic rings. The fourth-order valence-corrected chi connectivity index (χ4v) is 4.23. The Morgan fingerprint density at radius 3 is 1.86 bits per heavy atom. The normalized spacial score (nSPS) is 33.5. The Morgan fingerprint density at radius 2 is 1.38 bits per heavy atom. The lowest BCUT2D eigenvalue weighted by molar-refractivity contribution is 0.00988. The fourth-order valence-electron chi connectivity index (χ4n) is 4.23. The maximum absolute atomic E-state index is 12.8. The Bertz CT molecular complexity index is 336. The first-order chi connectivity index (χ1) is 10.1. The minimum atomic E-state index is -2.34. The highest BCUT2D eigenvalue weighted by atomic mass is 19.3. The van der Waals surface area contributed by atoms with Gasteiger partial charge < -0.3 is 4.74 Å². The van der Waals surface area contributed by atoms with Crippen LogP contribution in [0.25, 0.3) is 0 Å². The molecule has 1 nitrogen and oxygen atoms in total. The lowest BCUT2D eigenvalue weighted by Crippen LogP contribution is -2.28. The molecule has 0 heterocycles. The molecule has 122 valence electrons. The van der Waals surface area contributed by atoms with Crippen molar-refractivity contribution in [3.63, 3.8) is 0 Å². The maximum atomic E-state index is 12.8. The largest absolute Gasteiger partial charge is 0.464 e. The van der Waals surface area contributed by atoms with Crippen molar-refractivity contribution < 1.29 is 17.9 Å². The maximum Gasteiger partial charge on any atom is 0.342 e. The van der Waals surface area contributed by atoms with Gasteiger partial charge in [-0.15, -0.1) is 0 Å². The van der Waals surface area contributed by atoms with Crippen LogP contribution >= 0.6 is 0 Å². The van der Waals surface area contributed by atoms with E-state index in [4.69, 9.17) is 4.74 Å². The van der Waals surface area contributed by atoms with Crippen molar-refractivity contribution in [2.24, 2.45) is 17.8 Å². The van der Waals surface area contributed by atoms with Gasteiger partial charge in [-0.05, 0) is 56.3 Å². The zero-order valence-electron chi connectivity index (χ0n) is 12.9. The van der Waals surface area contributed by atoms with Gasteiger partial charge >= 0.3 is 12.1 Å². The van der Waals surface area contributed by atoms with Gasteiger partial charge in [0.25, 0.3) is 0 Å². The van der Waals surface area contributed by atoms with Crippen LogP contribution in [-0.4, -0.2) is 6.10 Å². The van der Waals surface area contributed by atoms with Crippen LogP contribution in [0, 0.1) is 17.8 Å². The molecular weight excluding hydrogens is 277 g/mol. The van der Waals surface area contributed by atoms with Gasteiger partial charge in [0.2, 0.25) is 0 Å². The smallest absolute Gasteiger partial charge is 0.342 e. The summed E-state index contributed by atoms with van der Waals surface area (Å²) in [4.78, 5) is 0. The molecule has 0 aromatic heterocycles. The lowest BCUT2D eigenvalue weighted by atomic mass is 9.70. The van der Waals surface area contributed by atoms with E-state index in [2.05, 4.69) is 6.92 Å². The first-order valence-corrected chi connectivity index (χ1v) is 8.47. The number of halogens is 3. The first-order valence-electron chi connectivity index (χ1n) is 8.47. The van der Waals surface area contributed by atoms with Gasteiger partial charge in [0.1, 0.15) is 6.10 Å². The van der Waals surface area contributed by atoms with Crippen molar-refractivity contribution in [1.82, 2.24) is 0 Å². The highest BCUT2D eigenvalue weighted by molar-refractivity contribution is 4.86. The second-order valence-electron chi connectivity index (χ2n) is 6.76. The van der Waals surface area contributed by atoms with Crippen LogP contribution in [0.2, 0.25) is 0 Å². The minimum absolute atomic E-state index is 0.362. The Morgan fingerprint density at radius 1 is 0.857 bits per heavy atom. The number of rotatable bonds is 5. The fraction of sp³-hybridized carbons (Fsp3) is 0.882. The molecule has 0 unspecified atom stereocenters. The van der Waals surface area contributed by atoms with Gasteiger partial charge in [-0.25, -0.2) is 0 Å². The van der Waals surface area contributed by atoms with Crippen molar-refractivity contribution in [2.75, 3.05) is 0 Å². The number of hydrogen-bond acceptors (Lipinski definition) is 1. The average molecular weight is 304 g/mol. The summed E-state index contributed by atoms with van der Waals surface area (Å²) >= 11 is 0. The molecule has 4 heteroatoms. The molecule has 0 bridgehead atoms. The van der Waals surface area contributed by atoms with Gasteiger partial charge in [0, 0.05) is 0 Å². The van der Waals surface area contributed by atoms with Crippen LogP contribution in [0.3, 0.4) is 0 Å². The van der Waals surface area contributed by atoms with E-state index < -0.39 is 12.1 Å². The molecule has 0 spiro atoms. The van der Waals surface area contributed by atoms with Gasteiger partial charge in [0.15, 0.2) is 0 Å². The molecule has 21 heavy (non-hydrogen) atoms. The Balaban J connectivity index is 1.71. The van der Waals surface area contributed by atoms with E-state index >= 15 is 0 Å². The van der Waals surface area contributed by atoms with E-state index in [0.29, 0.717) is 18.8 Å². The zero-order valence-corrected chi connectivity index (χ0v) is 12.9. The molecular formula is C17H27F3O. The molecule has 0 N–H and O–H groups in total. The molecule has 0 radical (unpaired) electrons. The standard InChI is InChI=1S/C17H27F3O/c1-2-3-12-4-6-13(7-5-12)14-8-10-15(11-9-14)21-17(20)16(18)19/h12-15H,2-11H2,1H3. The van der Waals surface area contributed by atoms with Crippen LogP contribution in [0.1, 0.15) is 71.1 Å². The van der Waals surface area contributed by atoms with Crippen molar-refractivity contribution in [1.29, 1.82) is 0 Å². The average Bonchev–Trinajstić information content (AvgIpc) is 2.49. The van der Waals surface area contributed by atoms with Crippen LogP contribution in [0.4, 0.5) is 13.2 Å². The third-order valence-electron chi connectivity index (χ3n) is 5.39. The summed E-state index contributed by atoms with van der Waals surface area (Å²) in [5, 5.41) is 0. The molecule has 0 saturated heterocycles. The molecule has 0 aromatic carbocycles. The number of hydrogen-bond donors (Lipinski definition) is 0. The Labute approximate surface area is 125 Å².